The molecule has 0 atom stereocenters. The van der Waals surface area contributed by atoms with E-state index in [1.54, 1.807) is 0 Å². The van der Waals surface area contributed by atoms with Gasteiger partial charge < -0.3 is 0 Å². The highest BCUT2D eigenvalue weighted by molar-refractivity contribution is 9.11. The Morgan fingerprint density at radius 2 is 1.54 bits per heavy atom. The summed E-state index contributed by atoms with van der Waals surface area (Å²) in [5.74, 6) is 0. The zero-order chi connectivity index (χ0) is 18.3. The van der Waals surface area contributed by atoms with E-state index in [1.807, 2.05) is 51.9 Å². The van der Waals surface area contributed by atoms with Crippen LogP contribution in [0, 0.1) is 0 Å². The Hall–Kier alpha value is -0.0200. The smallest absolute Gasteiger partial charge is 0.116 e. The van der Waals surface area contributed by atoms with Gasteiger partial charge in [-0.05, 0) is 84.5 Å². The second kappa shape index (κ2) is 7.31. The van der Waals surface area contributed by atoms with E-state index in [-0.39, 0.29) is 6.04 Å². The molecule has 1 aromatic carbocycles. The first-order valence-corrected chi connectivity index (χ1v) is 10.1. The van der Waals surface area contributed by atoms with Crippen molar-refractivity contribution in [3.8, 4) is 0 Å². The number of benzene rings is 1. The van der Waals surface area contributed by atoms with Crippen molar-refractivity contribution in [1.29, 1.82) is 0 Å². The van der Waals surface area contributed by atoms with E-state index < -0.39 is 11.1 Å². The molecule has 1 heterocycles. The first kappa shape index (κ1) is 20.3. The minimum absolute atomic E-state index is 0.164. The quantitative estimate of drug-likeness (QED) is 0.345. The molecule has 1 aliphatic rings. The van der Waals surface area contributed by atoms with E-state index in [9.17, 15) is 5.21 Å². The average molecular weight is 526 g/mol. The molecule has 0 bridgehead atoms. The lowest BCUT2D eigenvalue weighted by Gasteiger charge is -2.51. The van der Waals surface area contributed by atoms with Crippen LogP contribution < -0.4 is 0 Å². The van der Waals surface area contributed by atoms with Crippen LogP contribution in [0.25, 0.3) is 0 Å². The molecular weight excluding hydrogens is 504 g/mol. The number of rotatable bonds is 3. The maximum atomic E-state index is 12.5. The van der Waals surface area contributed by atoms with Crippen LogP contribution in [-0.4, -0.2) is 34.2 Å². The van der Waals surface area contributed by atoms with Gasteiger partial charge in [-0.1, -0.05) is 21.2 Å². The zero-order valence-electron chi connectivity index (χ0n) is 14.5. The maximum absolute atomic E-state index is 12.5. The van der Waals surface area contributed by atoms with Gasteiger partial charge in [0.25, 0.3) is 0 Å². The predicted octanol–water partition coefficient (Wildman–Crippen LogP) is 6.27. The van der Waals surface area contributed by atoms with Gasteiger partial charge in [0.1, 0.15) is 5.69 Å². The largest absolute Gasteiger partial charge is 0.278 e. The molecule has 1 radical (unpaired) electrons. The fraction of sp³-hybridized carbons (Fsp3) is 0.625. The van der Waals surface area contributed by atoms with E-state index in [2.05, 4.69) is 58.1 Å². The SMILES string of the molecule is CN(N=Nc1c(Br)cc(Br)cc1Br)C1CC(C)(C)N([O])C(C)(C)C1. The van der Waals surface area contributed by atoms with E-state index in [0.29, 0.717) is 0 Å². The second-order valence-electron chi connectivity index (χ2n) is 7.46. The van der Waals surface area contributed by atoms with Gasteiger partial charge in [-0.3, -0.25) is 5.01 Å². The van der Waals surface area contributed by atoms with Crippen molar-refractivity contribution in [2.24, 2.45) is 10.3 Å². The van der Waals surface area contributed by atoms with E-state index in [0.717, 1.165) is 31.9 Å². The van der Waals surface area contributed by atoms with Gasteiger partial charge in [-0.25, -0.2) is 0 Å². The van der Waals surface area contributed by atoms with Gasteiger partial charge in [-0.15, -0.1) is 15.4 Å². The maximum Gasteiger partial charge on any atom is 0.116 e. The summed E-state index contributed by atoms with van der Waals surface area (Å²) < 4.78 is 2.67. The monoisotopic (exact) mass is 523 g/mol. The third-order valence-electron chi connectivity index (χ3n) is 4.37. The van der Waals surface area contributed by atoms with Gasteiger partial charge in [-0.2, -0.15) is 0 Å². The summed E-state index contributed by atoms with van der Waals surface area (Å²) in [6.07, 6.45) is 1.50. The summed E-state index contributed by atoms with van der Waals surface area (Å²) in [7, 11) is 1.92. The van der Waals surface area contributed by atoms with Crippen molar-refractivity contribution in [1.82, 2.24) is 10.1 Å². The number of halogens is 3. The molecule has 0 aromatic heterocycles. The molecule has 1 fully saturated rings. The Balaban J connectivity index is 2.20. The van der Waals surface area contributed by atoms with Crippen LogP contribution in [0.4, 0.5) is 5.69 Å². The highest BCUT2D eigenvalue weighted by Gasteiger charge is 2.47. The second-order valence-corrected chi connectivity index (χ2v) is 10.1. The number of nitrogens with zero attached hydrogens (tertiary/aromatic N) is 4. The van der Waals surface area contributed by atoms with Crippen molar-refractivity contribution >= 4 is 53.5 Å². The van der Waals surface area contributed by atoms with Gasteiger partial charge in [0.15, 0.2) is 0 Å². The van der Waals surface area contributed by atoms with E-state index in [4.69, 9.17) is 0 Å². The molecule has 1 saturated heterocycles. The van der Waals surface area contributed by atoms with Crippen LogP contribution in [0.15, 0.2) is 35.9 Å². The third-order valence-corrected chi connectivity index (χ3v) is 6.03. The molecule has 0 amide bonds. The molecule has 0 saturated carbocycles. The lowest BCUT2D eigenvalue weighted by atomic mass is 9.79. The lowest BCUT2D eigenvalue weighted by molar-refractivity contribution is -0.294. The minimum Gasteiger partial charge on any atom is -0.278 e. The Bertz CT molecular complexity index is 607. The first-order valence-electron chi connectivity index (χ1n) is 7.70. The van der Waals surface area contributed by atoms with Crippen LogP contribution >= 0.6 is 47.8 Å². The molecule has 5 nitrogen and oxygen atoms in total. The molecule has 1 aromatic rings. The number of piperidine rings is 1. The molecule has 0 N–H and O–H groups in total. The Morgan fingerprint density at radius 3 is 2.00 bits per heavy atom. The number of hydrogen-bond donors (Lipinski definition) is 0. The first-order chi connectivity index (χ1) is 10.9. The number of hydroxylamine groups is 2. The van der Waals surface area contributed by atoms with Crippen LogP contribution in [-0.2, 0) is 5.21 Å². The van der Waals surface area contributed by atoms with Gasteiger partial charge in [0, 0.05) is 31.5 Å². The molecule has 8 heteroatoms. The molecule has 0 unspecified atom stereocenters. The summed E-state index contributed by atoms with van der Waals surface area (Å²) in [6, 6.07) is 4.03. The molecular formula is C16H22Br3N4O. The van der Waals surface area contributed by atoms with Crippen LogP contribution in [0.3, 0.4) is 0 Å². The van der Waals surface area contributed by atoms with Crippen molar-refractivity contribution in [2.45, 2.75) is 57.7 Å². The molecule has 133 valence electrons. The van der Waals surface area contributed by atoms with E-state index >= 15 is 0 Å². The van der Waals surface area contributed by atoms with Crippen LogP contribution in [0.2, 0.25) is 0 Å². The van der Waals surface area contributed by atoms with Crippen molar-refractivity contribution in [2.75, 3.05) is 7.05 Å². The fourth-order valence-corrected chi connectivity index (χ4v) is 5.71. The van der Waals surface area contributed by atoms with Gasteiger partial charge in [0.2, 0.25) is 0 Å². The summed E-state index contributed by atoms with van der Waals surface area (Å²) in [4.78, 5) is 0. The Kier molecular flexibility index (Phi) is 6.18. The molecule has 0 spiro atoms. The normalized spacial score (nSPS) is 21.4. The lowest BCUT2D eigenvalue weighted by Crippen LogP contribution is -2.61. The molecule has 0 aliphatic carbocycles. The standard InChI is InChI=1S/C16H22Br3N4O/c1-15(2)8-11(9-16(3,4)23(15)24)22(5)21-20-14-12(18)6-10(17)7-13(14)19/h6-7,11H,8-9H2,1-5H3. The fourth-order valence-electron chi connectivity index (χ4n) is 3.29. The summed E-state index contributed by atoms with van der Waals surface area (Å²) >= 11 is 10.5. The van der Waals surface area contributed by atoms with Crippen molar-refractivity contribution in [3.63, 3.8) is 0 Å². The Morgan fingerprint density at radius 1 is 1.08 bits per heavy atom. The minimum atomic E-state index is -0.422. The molecule has 1 aliphatic heterocycles. The van der Waals surface area contributed by atoms with Crippen molar-refractivity contribution in [3.05, 3.63) is 25.6 Å². The van der Waals surface area contributed by atoms with E-state index in [1.165, 1.54) is 5.06 Å². The Labute approximate surface area is 168 Å². The zero-order valence-corrected chi connectivity index (χ0v) is 19.2. The van der Waals surface area contributed by atoms with Gasteiger partial charge in [0.05, 0.1) is 6.04 Å². The molecule has 2 rings (SSSR count). The van der Waals surface area contributed by atoms with Crippen LogP contribution in [0.1, 0.15) is 40.5 Å². The summed E-state index contributed by atoms with van der Waals surface area (Å²) in [5, 5.41) is 24.3. The number of hydrogen-bond acceptors (Lipinski definition) is 3. The predicted molar refractivity (Wildman–Crippen MR) is 106 cm³/mol. The van der Waals surface area contributed by atoms with Gasteiger partial charge >= 0.3 is 0 Å². The molecule has 24 heavy (non-hydrogen) atoms. The van der Waals surface area contributed by atoms with Crippen molar-refractivity contribution < 1.29 is 5.21 Å². The highest BCUT2D eigenvalue weighted by Crippen LogP contribution is 2.40. The average Bonchev–Trinajstić information content (AvgIpc) is 2.42. The third kappa shape index (κ3) is 4.38. The van der Waals surface area contributed by atoms with Crippen LogP contribution in [0.5, 0.6) is 0 Å². The topological polar surface area (TPSA) is 51.1 Å². The highest BCUT2D eigenvalue weighted by atomic mass is 79.9. The summed E-state index contributed by atoms with van der Waals surface area (Å²) in [5.41, 5.74) is -0.103. The summed E-state index contributed by atoms with van der Waals surface area (Å²) in [6.45, 7) is 7.95.